The Hall–Kier alpha value is -0.640. The third kappa shape index (κ3) is 2.44. The quantitative estimate of drug-likeness (QED) is 0.835. The second-order valence-electron chi connectivity index (χ2n) is 4.99. The molecule has 4 heteroatoms. The molecule has 0 unspecified atom stereocenters. The molecule has 1 heterocycles. The summed E-state index contributed by atoms with van der Waals surface area (Å²) in [4.78, 5) is 0. The van der Waals surface area contributed by atoms with Gasteiger partial charge in [-0.3, -0.25) is 0 Å². The minimum atomic E-state index is 0.122. The van der Waals surface area contributed by atoms with Gasteiger partial charge in [0.05, 0.1) is 0 Å². The fraction of sp³-hybridized carbons (Fsp3) is 0.800. The molecule has 0 atom stereocenters. The van der Waals surface area contributed by atoms with Gasteiger partial charge in [0.15, 0.2) is 0 Å². The Kier molecular flexibility index (Phi) is 2.47. The molecule has 2 rings (SSSR count). The lowest BCUT2D eigenvalue weighted by Gasteiger charge is -2.12. The number of hydrogen-bond acceptors (Lipinski definition) is 4. The van der Waals surface area contributed by atoms with Crippen molar-refractivity contribution in [3.63, 3.8) is 0 Å². The number of aromatic nitrogens is 2. The van der Waals surface area contributed by atoms with Crippen molar-refractivity contribution in [2.24, 2.45) is 5.92 Å². The predicted molar refractivity (Wildman–Crippen MR) is 59.8 cm³/mol. The van der Waals surface area contributed by atoms with E-state index in [4.69, 9.17) is 0 Å². The summed E-state index contributed by atoms with van der Waals surface area (Å²) in [6.07, 6.45) is 2.75. The van der Waals surface area contributed by atoms with Crippen LogP contribution in [-0.2, 0) is 5.41 Å². The fourth-order valence-corrected chi connectivity index (χ4v) is 1.96. The van der Waals surface area contributed by atoms with Crippen LogP contribution in [0.15, 0.2) is 0 Å². The molecule has 1 saturated carbocycles. The van der Waals surface area contributed by atoms with Gasteiger partial charge in [-0.1, -0.05) is 32.1 Å². The van der Waals surface area contributed by atoms with Crippen molar-refractivity contribution >= 4 is 16.5 Å². The van der Waals surface area contributed by atoms with Crippen LogP contribution in [-0.4, -0.2) is 16.7 Å². The summed E-state index contributed by atoms with van der Waals surface area (Å²) in [5, 5.41) is 13.8. The van der Waals surface area contributed by atoms with Gasteiger partial charge in [-0.2, -0.15) is 0 Å². The largest absolute Gasteiger partial charge is 0.360 e. The lowest BCUT2D eigenvalue weighted by atomic mass is 9.98. The molecule has 78 valence electrons. The molecule has 1 aromatic heterocycles. The number of nitrogens with zero attached hydrogens (tertiary/aromatic N) is 2. The lowest BCUT2D eigenvalue weighted by molar-refractivity contribution is 0.578. The van der Waals surface area contributed by atoms with E-state index in [0.717, 1.165) is 22.6 Å². The summed E-state index contributed by atoms with van der Waals surface area (Å²) in [5.41, 5.74) is 0.122. The number of nitrogens with one attached hydrogen (secondary N) is 1. The average molecular weight is 211 g/mol. The summed E-state index contributed by atoms with van der Waals surface area (Å²) >= 11 is 1.68. The molecule has 3 nitrogen and oxygen atoms in total. The Morgan fingerprint density at radius 3 is 2.57 bits per heavy atom. The van der Waals surface area contributed by atoms with Crippen molar-refractivity contribution in [3.05, 3.63) is 5.01 Å². The van der Waals surface area contributed by atoms with E-state index >= 15 is 0 Å². The average Bonchev–Trinajstić information content (AvgIpc) is 2.77. The maximum Gasteiger partial charge on any atom is 0.205 e. The van der Waals surface area contributed by atoms with Crippen LogP contribution in [0.25, 0.3) is 0 Å². The Labute approximate surface area is 88.9 Å². The minimum absolute atomic E-state index is 0.122. The zero-order chi connectivity index (χ0) is 10.2. The van der Waals surface area contributed by atoms with Crippen molar-refractivity contribution in [1.29, 1.82) is 0 Å². The molecule has 0 amide bonds. The first-order chi connectivity index (χ1) is 6.55. The second-order valence-corrected chi connectivity index (χ2v) is 5.96. The van der Waals surface area contributed by atoms with E-state index in [9.17, 15) is 0 Å². The monoisotopic (exact) mass is 211 g/mol. The normalized spacial score (nSPS) is 17.1. The topological polar surface area (TPSA) is 37.8 Å². The van der Waals surface area contributed by atoms with Gasteiger partial charge in [0, 0.05) is 12.0 Å². The predicted octanol–water partition coefficient (Wildman–Crippen LogP) is 2.66. The van der Waals surface area contributed by atoms with Crippen LogP contribution in [0.4, 0.5) is 5.13 Å². The Bertz CT molecular complexity index is 309. The first-order valence-corrected chi connectivity index (χ1v) is 5.95. The van der Waals surface area contributed by atoms with E-state index in [1.54, 1.807) is 11.3 Å². The fourth-order valence-electron chi connectivity index (χ4n) is 1.15. The van der Waals surface area contributed by atoms with Crippen LogP contribution in [0, 0.1) is 5.92 Å². The molecule has 0 bridgehead atoms. The van der Waals surface area contributed by atoms with E-state index in [1.807, 2.05) is 0 Å². The summed E-state index contributed by atoms with van der Waals surface area (Å²) in [5.74, 6) is 0.886. The highest BCUT2D eigenvalue weighted by Crippen LogP contribution is 2.31. The molecular weight excluding hydrogens is 194 g/mol. The maximum atomic E-state index is 4.19. The van der Waals surface area contributed by atoms with Gasteiger partial charge >= 0.3 is 0 Å². The third-order valence-corrected chi connectivity index (χ3v) is 3.61. The molecule has 0 saturated heterocycles. The van der Waals surface area contributed by atoms with Crippen LogP contribution in [0.3, 0.4) is 0 Å². The van der Waals surface area contributed by atoms with Crippen molar-refractivity contribution in [1.82, 2.24) is 10.2 Å². The highest BCUT2D eigenvalue weighted by atomic mass is 32.1. The number of anilines is 1. The number of rotatable bonds is 3. The second kappa shape index (κ2) is 3.50. The molecule has 0 spiro atoms. The van der Waals surface area contributed by atoms with Crippen LogP contribution >= 0.6 is 11.3 Å². The van der Waals surface area contributed by atoms with Crippen LogP contribution < -0.4 is 5.32 Å². The Balaban J connectivity index is 1.94. The van der Waals surface area contributed by atoms with Crippen molar-refractivity contribution < 1.29 is 0 Å². The van der Waals surface area contributed by atoms with Gasteiger partial charge in [-0.15, -0.1) is 10.2 Å². The molecular formula is C10H17N3S. The molecule has 1 aromatic rings. The molecule has 1 aliphatic carbocycles. The van der Waals surface area contributed by atoms with Gasteiger partial charge in [-0.25, -0.2) is 0 Å². The lowest BCUT2D eigenvalue weighted by Crippen LogP contribution is -2.10. The van der Waals surface area contributed by atoms with Gasteiger partial charge in [0.25, 0.3) is 0 Å². The first kappa shape index (κ1) is 9.90. The van der Waals surface area contributed by atoms with Gasteiger partial charge in [-0.05, 0) is 18.8 Å². The summed E-state index contributed by atoms with van der Waals surface area (Å²) in [7, 11) is 0. The van der Waals surface area contributed by atoms with Gasteiger partial charge in [0.2, 0.25) is 5.13 Å². The molecule has 1 fully saturated rings. The number of hydrogen-bond donors (Lipinski definition) is 1. The van der Waals surface area contributed by atoms with E-state index in [0.29, 0.717) is 0 Å². The molecule has 1 N–H and O–H groups in total. The molecule has 0 radical (unpaired) electrons. The van der Waals surface area contributed by atoms with E-state index in [1.165, 1.54) is 12.8 Å². The Morgan fingerprint density at radius 1 is 1.36 bits per heavy atom. The van der Waals surface area contributed by atoms with Crippen molar-refractivity contribution in [2.45, 2.75) is 39.0 Å². The maximum absolute atomic E-state index is 4.19. The van der Waals surface area contributed by atoms with E-state index < -0.39 is 0 Å². The molecule has 0 aliphatic heterocycles. The highest BCUT2D eigenvalue weighted by Gasteiger charge is 2.22. The van der Waals surface area contributed by atoms with E-state index in [-0.39, 0.29) is 5.41 Å². The van der Waals surface area contributed by atoms with E-state index in [2.05, 4.69) is 36.3 Å². The minimum Gasteiger partial charge on any atom is -0.360 e. The van der Waals surface area contributed by atoms with Gasteiger partial charge in [0.1, 0.15) is 5.01 Å². The first-order valence-electron chi connectivity index (χ1n) is 5.13. The van der Waals surface area contributed by atoms with Crippen LogP contribution in [0.2, 0.25) is 0 Å². The molecule has 14 heavy (non-hydrogen) atoms. The van der Waals surface area contributed by atoms with Crippen molar-refractivity contribution in [3.8, 4) is 0 Å². The molecule has 0 aromatic carbocycles. The smallest absolute Gasteiger partial charge is 0.205 e. The summed E-state index contributed by atoms with van der Waals surface area (Å²) in [6.45, 7) is 7.56. The van der Waals surface area contributed by atoms with Crippen molar-refractivity contribution in [2.75, 3.05) is 11.9 Å². The SMILES string of the molecule is CC(C)(C)c1nnc(NCC2CC2)s1. The summed E-state index contributed by atoms with van der Waals surface area (Å²) in [6, 6.07) is 0. The Morgan fingerprint density at radius 2 is 2.07 bits per heavy atom. The van der Waals surface area contributed by atoms with Crippen LogP contribution in [0.5, 0.6) is 0 Å². The van der Waals surface area contributed by atoms with Gasteiger partial charge < -0.3 is 5.32 Å². The highest BCUT2D eigenvalue weighted by molar-refractivity contribution is 7.15. The van der Waals surface area contributed by atoms with Crippen LogP contribution in [0.1, 0.15) is 38.6 Å². The zero-order valence-electron chi connectivity index (χ0n) is 9.00. The molecule has 1 aliphatic rings. The summed E-state index contributed by atoms with van der Waals surface area (Å²) < 4.78 is 0. The third-order valence-electron chi connectivity index (χ3n) is 2.31. The standard InChI is InChI=1S/C10H17N3S/c1-10(2,3)8-12-13-9(14-8)11-6-7-4-5-7/h7H,4-6H2,1-3H3,(H,11,13). The zero-order valence-corrected chi connectivity index (χ0v) is 9.82.